The van der Waals surface area contributed by atoms with Crippen molar-refractivity contribution in [2.75, 3.05) is 0 Å². The van der Waals surface area contributed by atoms with Gasteiger partial charge in [-0.05, 0) is 71.8 Å². The lowest BCUT2D eigenvalue weighted by molar-refractivity contribution is 0.574. The molecule has 4 heterocycles. The zero-order valence-corrected chi connectivity index (χ0v) is 25.6. The Morgan fingerprint density at radius 1 is 0.396 bits per heavy atom. The topological polar surface area (TPSA) is 49.0 Å². The lowest BCUT2D eigenvalue weighted by Crippen LogP contribution is -1.94. The lowest BCUT2D eigenvalue weighted by Gasteiger charge is -2.08. The molecule has 5 heteroatoms. The van der Waals surface area contributed by atoms with Crippen LogP contribution >= 0.6 is 0 Å². The van der Waals surface area contributed by atoms with Crippen molar-refractivity contribution < 1.29 is 8.83 Å². The second kappa shape index (κ2) is 9.47. The summed E-state index contributed by atoms with van der Waals surface area (Å²) in [6.07, 6.45) is 0. The maximum Gasteiger partial charge on any atom is 0.307 e. The molecule has 7 aromatic carbocycles. The quantitative estimate of drug-likeness (QED) is 0.199. The van der Waals surface area contributed by atoms with Crippen LogP contribution < -0.4 is 0 Å². The minimum atomic E-state index is 0.535. The van der Waals surface area contributed by atoms with Crippen molar-refractivity contribution in [3.63, 3.8) is 0 Å². The van der Waals surface area contributed by atoms with E-state index in [2.05, 4.69) is 130 Å². The molecule has 0 unspecified atom stereocenters. The molecule has 0 fully saturated rings. The molecule has 11 aromatic rings. The molecule has 0 saturated carbocycles. The van der Waals surface area contributed by atoms with Gasteiger partial charge in [0, 0.05) is 32.6 Å². The molecular weight excluding hydrogens is 590 g/mol. The molecule has 0 saturated heterocycles. The summed E-state index contributed by atoms with van der Waals surface area (Å²) in [5, 5.41) is 6.77. The number of rotatable bonds is 3. The van der Waals surface area contributed by atoms with E-state index in [0.29, 0.717) is 6.01 Å². The van der Waals surface area contributed by atoms with Crippen molar-refractivity contribution in [2.45, 2.75) is 0 Å². The fourth-order valence-corrected chi connectivity index (χ4v) is 7.65. The Labute approximate surface area is 273 Å². The molecule has 4 aromatic heterocycles. The van der Waals surface area contributed by atoms with Crippen LogP contribution in [0.3, 0.4) is 0 Å². The zero-order chi connectivity index (χ0) is 31.3. The summed E-state index contributed by atoms with van der Waals surface area (Å²) in [4.78, 5) is 5.15. The first-order chi connectivity index (χ1) is 23.8. The van der Waals surface area contributed by atoms with Gasteiger partial charge in [0.15, 0.2) is 5.58 Å². The Balaban J connectivity index is 1.15. The smallest absolute Gasteiger partial charge is 0.307 e. The first-order valence-electron chi connectivity index (χ1n) is 16.1. The Kier molecular flexibility index (Phi) is 5.05. The van der Waals surface area contributed by atoms with Gasteiger partial charge in [-0.25, -0.2) is 0 Å². The lowest BCUT2D eigenvalue weighted by atomic mass is 10.0. The third-order valence-electron chi connectivity index (χ3n) is 9.77. The SMILES string of the molecule is c1ccc(-n2c3ccccc3c3cc(-c4ccc5c6ccccc6n(-c6nc7c(ccc8oc9ccccc9c87)o6)c5c4)ccc32)cc1. The van der Waals surface area contributed by atoms with Gasteiger partial charge in [0.25, 0.3) is 0 Å². The van der Waals surface area contributed by atoms with E-state index in [0.717, 1.165) is 71.7 Å². The average Bonchev–Trinajstić information content (AvgIpc) is 3.90. The minimum Gasteiger partial charge on any atom is -0.456 e. The van der Waals surface area contributed by atoms with E-state index in [4.69, 9.17) is 13.8 Å². The van der Waals surface area contributed by atoms with Gasteiger partial charge < -0.3 is 13.4 Å². The Hall–Kier alpha value is -6.59. The van der Waals surface area contributed by atoms with Crippen LogP contribution in [0.15, 0.2) is 160 Å². The molecule has 0 aliphatic carbocycles. The van der Waals surface area contributed by atoms with Crippen LogP contribution in [0.4, 0.5) is 0 Å². The summed E-state index contributed by atoms with van der Waals surface area (Å²) in [5.74, 6) is 0. The highest BCUT2D eigenvalue weighted by molar-refractivity contribution is 6.17. The molecule has 11 rings (SSSR count). The van der Waals surface area contributed by atoms with Crippen molar-refractivity contribution in [3.8, 4) is 22.8 Å². The third kappa shape index (κ3) is 3.47. The van der Waals surface area contributed by atoms with Gasteiger partial charge in [-0.3, -0.25) is 4.57 Å². The van der Waals surface area contributed by atoms with E-state index in [-0.39, 0.29) is 0 Å². The third-order valence-corrected chi connectivity index (χ3v) is 9.77. The number of fused-ring (bicyclic) bond motifs is 11. The average molecular weight is 616 g/mol. The monoisotopic (exact) mass is 615 g/mol. The number of aromatic nitrogens is 3. The molecule has 0 radical (unpaired) electrons. The Morgan fingerprint density at radius 2 is 1.02 bits per heavy atom. The highest BCUT2D eigenvalue weighted by Gasteiger charge is 2.21. The summed E-state index contributed by atoms with van der Waals surface area (Å²) in [7, 11) is 0. The minimum absolute atomic E-state index is 0.535. The highest BCUT2D eigenvalue weighted by Crippen LogP contribution is 2.40. The van der Waals surface area contributed by atoms with Crippen LogP contribution in [0.1, 0.15) is 0 Å². The second-order valence-corrected chi connectivity index (χ2v) is 12.4. The fraction of sp³-hybridized carbons (Fsp3) is 0. The van der Waals surface area contributed by atoms with Crippen molar-refractivity contribution in [1.29, 1.82) is 0 Å². The fourth-order valence-electron chi connectivity index (χ4n) is 7.65. The number of benzene rings is 7. The standard InChI is InChI=1S/C43H25N3O2/c1-2-10-28(11-3-1)45-34-15-7-5-13-30(34)33-24-26(19-21-36(33)45)27-18-20-31-29-12-4-8-16-35(29)46(37(31)25-27)43-44-42-40(48-43)23-22-39-41(42)32-14-6-9-17-38(32)47-39/h1-25H. The first kappa shape index (κ1) is 25.6. The van der Waals surface area contributed by atoms with Gasteiger partial charge >= 0.3 is 6.01 Å². The number of nitrogens with zero attached hydrogens (tertiary/aromatic N) is 3. The molecular formula is C43H25N3O2. The number of furan rings is 1. The number of hydrogen-bond donors (Lipinski definition) is 0. The van der Waals surface area contributed by atoms with Crippen molar-refractivity contribution >= 4 is 76.6 Å². The number of hydrogen-bond acceptors (Lipinski definition) is 3. The van der Waals surface area contributed by atoms with E-state index < -0.39 is 0 Å². The largest absolute Gasteiger partial charge is 0.456 e. The van der Waals surface area contributed by atoms with Crippen LogP contribution in [-0.2, 0) is 0 Å². The van der Waals surface area contributed by atoms with Gasteiger partial charge in [0.1, 0.15) is 16.7 Å². The van der Waals surface area contributed by atoms with Crippen LogP contribution in [0.2, 0.25) is 0 Å². The van der Waals surface area contributed by atoms with E-state index in [1.165, 1.54) is 21.8 Å². The maximum absolute atomic E-state index is 6.56. The van der Waals surface area contributed by atoms with Crippen molar-refractivity contribution in [1.82, 2.24) is 14.1 Å². The summed E-state index contributed by atoms with van der Waals surface area (Å²) in [6.45, 7) is 0. The van der Waals surface area contributed by atoms with Gasteiger partial charge in [-0.15, -0.1) is 0 Å². The Morgan fingerprint density at radius 3 is 1.88 bits per heavy atom. The van der Waals surface area contributed by atoms with Crippen molar-refractivity contribution in [2.24, 2.45) is 0 Å². The molecule has 5 nitrogen and oxygen atoms in total. The zero-order valence-electron chi connectivity index (χ0n) is 25.6. The molecule has 0 aliphatic rings. The summed E-state index contributed by atoms with van der Waals surface area (Å²) in [5.41, 5.74) is 11.1. The molecule has 224 valence electrons. The molecule has 48 heavy (non-hydrogen) atoms. The number of para-hydroxylation sites is 4. The van der Waals surface area contributed by atoms with Gasteiger partial charge in [0.2, 0.25) is 0 Å². The van der Waals surface area contributed by atoms with Gasteiger partial charge in [-0.2, -0.15) is 4.98 Å². The highest BCUT2D eigenvalue weighted by atomic mass is 16.4. The summed E-state index contributed by atoms with van der Waals surface area (Å²) < 4.78 is 17.2. The maximum atomic E-state index is 6.56. The van der Waals surface area contributed by atoms with E-state index in [1.807, 2.05) is 30.3 Å². The van der Waals surface area contributed by atoms with Gasteiger partial charge in [0.05, 0.1) is 27.5 Å². The van der Waals surface area contributed by atoms with Crippen LogP contribution in [-0.4, -0.2) is 14.1 Å². The molecule has 0 amide bonds. The molecule has 0 aliphatic heterocycles. The van der Waals surface area contributed by atoms with E-state index >= 15 is 0 Å². The van der Waals surface area contributed by atoms with Crippen LogP contribution in [0.25, 0.3) is 99.5 Å². The molecule has 0 N–H and O–H groups in total. The second-order valence-electron chi connectivity index (χ2n) is 12.4. The summed E-state index contributed by atoms with van der Waals surface area (Å²) >= 11 is 0. The Bertz CT molecular complexity index is 3070. The number of oxazole rings is 1. The normalized spacial score (nSPS) is 12.2. The summed E-state index contributed by atoms with van der Waals surface area (Å²) in [6, 6.07) is 53.8. The first-order valence-corrected chi connectivity index (χ1v) is 16.1. The van der Waals surface area contributed by atoms with E-state index in [1.54, 1.807) is 0 Å². The van der Waals surface area contributed by atoms with E-state index in [9.17, 15) is 0 Å². The van der Waals surface area contributed by atoms with Crippen LogP contribution in [0, 0.1) is 0 Å². The molecule has 0 spiro atoms. The van der Waals surface area contributed by atoms with Crippen molar-refractivity contribution in [3.05, 3.63) is 152 Å². The molecule has 0 bridgehead atoms. The van der Waals surface area contributed by atoms with Gasteiger partial charge in [-0.1, -0.05) is 91.0 Å². The van der Waals surface area contributed by atoms with Crippen LogP contribution in [0.5, 0.6) is 0 Å². The molecule has 0 atom stereocenters. The predicted octanol–water partition coefficient (Wildman–Crippen LogP) is 11.6. The predicted molar refractivity (Wildman–Crippen MR) is 195 cm³/mol.